The van der Waals surface area contributed by atoms with E-state index in [-0.39, 0.29) is 28.1 Å². The molecule has 0 aromatic heterocycles. The molecule has 0 heterocycles. The molecule has 0 bridgehead atoms. The van der Waals surface area contributed by atoms with E-state index in [1.54, 1.807) is 36.4 Å². The highest BCUT2D eigenvalue weighted by molar-refractivity contribution is 6.50. The van der Waals surface area contributed by atoms with E-state index in [1.165, 1.54) is 13.4 Å². The summed E-state index contributed by atoms with van der Waals surface area (Å²) in [6.07, 6.45) is 1.83. The number of alkyl halides is 2. The van der Waals surface area contributed by atoms with E-state index in [1.807, 2.05) is 0 Å². The van der Waals surface area contributed by atoms with Crippen molar-refractivity contribution in [1.82, 2.24) is 0 Å². The normalized spacial score (nSPS) is 17.4. The Hall–Kier alpha value is -1.79. The first kappa shape index (κ1) is 22.9. The van der Waals surface area contributed by atoms with Crippen LogP contribution in [0.3, 0.4) is 0 Å². The summed E-state index contributed by atoms with van der Waals surface area (Å²) < 4.78 is 15.6. The average molecular weight is 492 g/mol. The minimum Gasteiger partial charge on any atom is -0.503 e. The van der Waals surface area contributed by atoms with Crippen molar-refractivity contribution in [2.75, 3.05) is 13.7 Å². The molecule has 1 atom stereocenters. The van der Waals surface area contributed by atoms with Crippen LogP contribution < -0.4 is 9.47 Å². The third-order valence-electron chi connectivity index (χ3n) is 4.52. The summed E-state index contributed by atoms with van der Waals surface area (Å²) in [4.78, 5) is 11.5. The van der Waals surface area contributed by atoms with Gasteiger partial charge in [-0.1, -0.05) is 47.5 Å². The second kappa shape index (κ2) is 9.56. The van der Waals surface area contributed by atoms with Crippen LogP contribution in [-0.2, 0) is 16.1 Å². The SMILES string of the molecule is COC=C(C(=O)O)c1ccccc1COc1cc(Cl)c(OCC2CC2(Cl)Cl)c(Cl)c1. The van der Waals surface area contributed by atoms with Crippen molar-refractivity contribution in [2.24, 2.45) is 5.92 Å². The largest absolute Gasteiger partial charge is 0.503 e. The number of halogens is 4. The summed E-state index contributed by atoms with van der Waals surface area (Å²) in [5.41, 5.74) is 1.16. The van der Waals surface area contributed by atoms with Gasteiger partial charge in [0, 0.05) is 18.1 Å². The number of carboxylic acids is 1. The first-order chi connectivity index (χ1) is 14.2. The molecule has 0 radical (unpaired) electrons. The van der Waals surface area contributed by atoms with Crippen LogP contribution in [0.15, 0.2) is 42.7 Å². The third kappa shape index (κ3) is 5.46. The van der Waals surface area contributed by atoms with Crippen molar-refractivity contribution < 1.29 is 24.1 Å². The molecule has 1 unspecified atom stereocenters. The van der Waals surface area contributed by atoms with Crippen molar-refractivity contribution >= 4 is 57.9 Å². The Morgan fingerprint density at radius 2 is 1.83 bits per heavy atom. The fraction of sp³-hybridized carbons (Fsp3) is 0.286. The van der Waals surface area contributed by atoms with E-state index in [4.69, 9.17) is 60.6 Å². The lowest BCUT2D eigenvalue weighted by Gasteiger charge is -2.14. The molecule has 160 valence electrons. The molecule has 0 aliphatic heterocycles. The summed E-state index contributed by atoms with van der Waals surface area (Å²) in [5, 5.41) is 10.0. The molecule has 1 saturated carbocycles. The number of aliphatic carboxylic acids is 1. The minimum absolute atomic E-state index is 0.0197. The summed E-state index contributed by atoms with van der Waals surface area (Å²) in [7, 11) is 1.39. The topological polar surface area (TPSA) is 65.0 Å². The van der Waals surface area contributed by atoms with Crippen LogP contribution in [0.4, 0.5) is 0 Å². The van der Waals surface area contributed by atoms with Gasteiger partial charge in [-0.2, -0.15) is 0 Å². The zero-order valence-electron chi connectivity index (χ0n) is 15.8. The highest BCUT2D eigenvalue weighted by Gasteiger charge is 2.52. The van der Waals surface area contributed by atoms with E-state index in [2.05, 4.69) is 0 Å². The number of benzene rings is 2. The summed E-state index contributed by atoms with van der Waals surface area (Å²) in [5.74, 6) is -0.331. The highest BCUT2D eigenvalue weighted by atomic mass is 35.5. The van der Waals surface area contributed by atoms with Crippen LogP contribution in [0.5, 0.6) is 11.5 Å². The minimum atomic E-state index is -1.11. The van der Waals surface area contributed by atoms with Gasteiger partial charge in [0.25, 0.3) is 0 Å². The van der Waals surface area contributed by atoms with Gasteiger partial charge < -0.3 is 19.3 Å². The van der Waals surface area contributed by atoms with Crippen LogP contribution >= 0.6 is 46.4 Å². The predicted octanol–water partition coefficient (Wildman–Crippen LogP) is 6.22. The molecule has 9 heteroatoms. The molecule has 1 fully saturated rings. The number of carbonyl (C=O) groups is 1. The molecule has 1 aliphatic carbocycles. The van der Waals surface area contributed by atoms with Gasteiger partial charge >= 0.3 is 5.97 Å². The summed E-state index contributed by atoms with van der Waals surface area (Å²) >= 11 is 24.6. The van der Waals surface area contributed by atoms with E-state index < -0.39 is 10.3 Å². The van der Waals surface area contributed by atoms with Crippen LogP contribution in [0, 0.1) is 5.92 Å². The standard InChI is InChI=1S/C21H18Cl4O5/c1-28-11-16(20(26)27)15-5-3-2-4-12(15)9-29-14-6-17(22)19(18(23)7-14)30-10-13-8-21(13,24)25/h2-7,11,13H,8-10H2,1H3,(H,26,27). The smallest absolute Gasteiger partial charge is 0.339 e. The van der Waals surface area contributed by atoms with Crippen molar-refractivity contribution in [1.29, 1.82) is 0 Å². The maximum atomic E-state index is 11.5. The molecule has 0 saturated heterocycles. The van der Waals surface area contributed by atoms with E-state index in [0.29, 0.717) is 35.7 Å². The first-order valence-corrected chi connectivity index (χ1v) is 10.4. The molecular formula is C21H18Cl4O5. The van der Waals surface area contributed by atoms with Gasteiger partial charge in [-0.15, -0.1) is 23.2 Å². The number of rotatable bonds is 9. The number of methoxy groups -OCH3 is 1. The first-order valence-electron chi connectivity index (χ1n) is 8.90. The molecular weight excluding hydrogens is 474 g/mol. The van der Waals surface area contributed by atoms with Crippen LogP contribution in [0.25, 0.3) is 5.57 Å². The lowest BCUT2D eigenvalue weighted by molar-refractivity contribution is -0.130. The van der Waals surface area contributed by atoms with Crippen molar-refractivity contribution in [3.05, 3.63) is 63.8 Å². The Bertz CT molecular complexity index is 951. The fourth-order valence-electron chi connectivity index (χ4n) is 2.81. The Morgan fingerprint density at radius 1 is 1.20 bits per heavy atom. The summed E-state index contributed by atoms with van der Waals surface area (Å²) in [6, 6.07) is 10.1. The zero-order valence-corrected chi connectivity index (χ0v) is 18.9. The Balaban J connectivity index is 1.72. The summed E-state index contributed by atoms with van der Waals surface area (Å²) in [6.45, 7) is 0.407. The van der Waals surface area contributed by atoms with Gasteiger partial charge in [0.15, 0.2) is 5.75 Å². The highest BCUT2D eigenvalue weighted by Crippen LogP contribution is 2.53. The maximum Gasteiger partial charge on any atom is 0.339 e. The Kier molecular flexibility index (Phi) is 7.30. The predicted molar refractivity (Wildman–Crippen MR) is 118 cm³/mol. The van der Waals surface area contributed by atoms with E-state index >= 15 is 0 Å². The second-order valence-corrected chi connectivity index (χ2v) is 9.06. The van der Waals surface area contributed by atoms with Crippen molar-refractivity contribution in [2.45, 2.75) is 17.4 Å². The zero-order chi connectivity index (χ0) is 21.9. The van der Waals surface area contributed by atoms with Crippen molar-refractivity contribution in [3.63, 3.8) is 0 Å². The maximum absolute atomic E-state index is 11.5. The molecule has 30 heavy (non-hydrogen) atoms. The molecule has 5 nitrogen and oxygen atoms in total. The Morgan fingerprint density at radius 3 is 2.40 bits per heavy atom. The molecule has 0 amide bonds. The lowest BCUT2D eigenvalue weighted by atomic mass is 10.0. The monoisotopic (exact) mass is 490 g/mol. The number of hydrogen-bond donors (Lipinski definition) is 1. The molecule has 1 N–H and O–H groups in total. The van der Waals surface area contributed by atoms with Gasteiger partial charge in [-0.25, -0.2) is 4.79 Å². The second-order valence-electron chi connectivity index (χ2n) is 6.71. The number of carboxylic acid groups (broad SMARTS) is 1. The molecule has 2 aromatic rings. The molecule has 0 spiro atoms. The van der Waals surface area contributed by atoms with Crippen molar-refractivity contribution in [3.8, 4) is 11.5 Å². The number of ether oxygens (including phenoxy) is 3. The Labute approximate surface area is 194 Å². The molecule has 3 rings (SSSR count). The van der Waals surface area contributed by atoms with Gasteiger partial charge in [0.2, 0.25) is 0 Å². The average Bonchev–Trinajstić information content (AvgIpc) is 3.30. The van der Waals surface area contributed by atoms with Gasteiger partial charge in [-0.05, 0) is 17.5 Å². The quantitative estimate of drug-likeness (QED) is 0.256. The van der Waals surface area contributed by atoms with Gasteiger partial charge in [0.05, 0.1) is 30.0 Å². The lowest BCUT2D eigenvalue weighted by Crippen LogP contribution is -2.06. The number of hydrogen-bond acceptors (Lipinski definition) is 4. The van der Waals surface area contributed by atoms with Gasteiger partial charge in [-0.3, -0.25) is 0 Å². The van der Waals surface area contributed by atoms with E-state index in [9.17, 15) is 9.90 Å². The van der Waals surface area contributed by atoms with Crippen LogP contribution in [-0.4, -0.2) is 29.1 Å². The van der Waals surface area contributed by atoms with Crippen LogP contribution in [0.1, 0.15) is 17.5 Å². The molecule has 1 aliphatic rings. The van der Waals surface area contributed by atoms with Gasteiger partial charge in [0.1, 0.15) is 22.3 Å². The van der Waals surface area contributed by atoms with Crippen LogP contribution in [0.2, 0.25) is 10.0 Å². The van der Waals surface area contributed by atoms with E-state index in [0.717, 1.165) is 0 Å². The molecule has 2 aromatic carbocycles. The fourth-order valence-corrected chi connectivity index (χ4v) is 3.88. The third-order valence-corrected chi connectivity index (χ3v) is 6.01.